The van der Waals surface area contributed by atoms with Crippen LogP contribution in [-0.2, 0) is 11.2 Å². The molecule has 0 N–H and O–H groups in total. The Morgan fingerprint density at radius 3 is 2.57 bits per heavy atom. The zero-order valence-electron chi connectivity index (χ0n) is 12.3. The predicted molar refractivity (Wildman–Crippen MR) is 83.6 cm³/mol. The second-order valence-electron chi connectivity index (χ2n) is 5.46. The molecule has 3 rings (SSSR count). The minimum atomic E-state index is -0.499. The SMILES string of the molecule is CC(Oc1ccccc1)C(=O)N1c2ccccc2CC1C. The van der Waals surface area contributed by atoms with Crippen LogP contribution in [0.2, 0.25) is 0 Å². The van der Waals surface area contributed by atoms with E-state index < -0.39 is 6.10 Å². The van der Waals surface area contributed by atoms with E-state index in [2.05, 4.69) is 13.0 Å². The first kappa shape index (κ1) is 13.7. The number of carbonyl (C=O) groups is 1. The lowest BCUT2D eigenvalue weighted by Gasteiger charge is -2.26. The quantitative estimate of drug-likeness (QED) is 0.862. The third-order valence-corrected chi connectivity index (χ3v) is 3.85. The van der Waals surface area contributed by atoms with Gasteiger partial charge in [0, 0.05) is 11.7 Å². The average molecular weight is 281 g/mol. The third-order valence-electron chi connectivity index (χ3n) is 3.85. The molecule has 1 aliphatic heterocycles. The van der Waals surface area contributed by atoms with Crippen LogP contribution in [0.3, 0.4) is 0 Å². The number of hydrogen-bond donors (Lipinski definition) is 0. The Morgan fingerprint density at radius 2 is 1.81 bits per heavy atom. The zero-order valence-corrected chi connectivity index (χ0v) is 12.3. The van der Waals surface area contributed by atoms with E-state index in [4.69, 9.17) is 4.74 Å². The van der Waals surface area contributed by atoms with Gasteiger partial charge in [0.25, 0.3) is 5.91 Å². The van der Waals surface area contributed by atoms with Gasteiger partial charge in [0.2, 0.25) is 0 Å². The second kappa shape index (κ2) is 5.60. The van der Waals surface area contributed by atoms with Gasteiger partial charge in [0.05, 0.1) is 0 Å². The van der Waals surface area contributed by atoms with Crippen molar-refractivity contribution in [2.24, 2.45) is 0 Å². The van der Waals surface area contributed by atoms with Crippen molar-refractivity contribution < 1.29 is 9.53 Å². The zero-order chi connectivity index (χ0) is 14.8. The summed E-state index contributed by atoms with van der Waals surface area (Å²) in [6.07, 6.45) is 0.404. The van der Waals surface area contributed by atoms with Gasteiger partial charge < -0.3 is 9.64 Å². The molecule has 0 radical (unpaired) electrons. The summed E-state index contributed by atoms with van der Waals surface area (Å²) >= 11 is 0. The van der Waals surface area contributed by atoms with Gasteiger partial charge >= 0.3 is 0 Å². The molecule has 1 heterocycles. The van der Waals surface area contributed by atoms with Crippen molar-refractivity contribution in [3.05, 3.63) is 60.2 Å². The molecular weight excluding hydrogens is 262 g/mol. The van der Waals surface area contributed by atoms with E-state index in [1.807, 2.05) is 60.4 Å². The molecule has 2 unspecified atom stereocenters. The highest BCUT2D eigenvalue weighted by atomic mass is 16.5. The Bertz CT molecular complexity index is 639. The third kappa shape index (κ3) is 2.64. The van der Waals surface area contributed by atoms with Crippen molar-refractivity contribution in [1.82, 2.24) is 0 Å². The van der Waals surface area contributed by atoms with Crippen LogP contribution in [0.15, 0.2) is 54.6 Å². The van der Waals surface area contributed by atoms with Gasteiger partial charge in [-0.2, -0.15) is 0 Å². The molecule has 0 spiro atoms. The summed E-state index contributed by atoms with van der Waals surface area (Å²) in [6.45, 7) is 3.89. The summed E-state index contributed by atoms with van der Waals surface area (Å²) in [5.41, 5.74) is 2.24. The van der Waals surface area contributed by atoms with Gasteiger partial charge in [-0.05, 0) is 44.0 Å². The van der Waals surface area contributed by atoms with Crippen molar-refractivity contribution in [2.75, 3.05) is 4.90 Å². The lowest BCUT2D eigenvalue weighted by atomic mass is 10.1. The number of anilines is 1. The molecule has 3 nitrogen and oxygen atoms in total. The molecule has 21 heavy (non-hydrogen) atoms. The number of para-hydroxylation sites is 2. The normalized spacial score (nSPS) is 18.2. The Morgan fingerprint density at radius 1 is 1.14 bits per heavy atom. The fourth-order valence-electron chi connectivity index (χ4n) is 2.85. The number of benzene rings is 2. The minimum absolute atomic E-state index is 0.0105. The Labute approximate surface area is 125 Å². The van der Waals surface area contributed by atoms with Crippen LogP contribution in [0.5, 0.6) is 5.75 Å². The first-order chi connectivity index (χ1) is 10.2. The number of carbonyl (C=O) groups excluding carboxylic acids is 1. The predicted octanol–water partition coefficient (Wildman–Crippen LogP) is 3.43. The van der Waals surface area contributed by atoms with E-state index in [0.717, 1.165) is 17.9 Å². The Kier molecular flexibility index (Phi) is 3.65. The van der Waals surface area contributed by atoms with Crippen LogP contribution in [0.25, 0.3) is 0 Å². The molecule has 0 aromatic heterocycles. The van der Waals surface area contributed by atoms with Crippen molar-refractivity contribution in [3.8, 4) is 5.75 Å². The first-order valence-corrected chi connectivity index (χ1v) is 7.29. The highest BCUT2D eigenvalue weighted by Crippen LogP contribution is 2.32. The van der Waals surface area contributed by atoms with Gasteiger partial charge in [-0.25, -0.2) is 0 Å². The lowest BCUT2D eigenvalue weighted by molar-refractivity contribution is -0.124. The monoisotopic (exact) mass is 281 g/mol. The molecule has 1 amide bonds. The molecule has 2 atom stereocenters. The van der Waals surface area contributed by atoms with Crippen LogP contribution in [0.1, 0.15) is 19.4 Å². The van der Waals surface area contributed by atoms with Crippen molar-refractivity contribution in [2.45, 2.75) is 32.4 Å². The Balaban J connectivity index is 1.79. The average Bonchev–Trinajstić information content (AvgIpc) is 2.83. The van der Waals surface area contributed by atoms with Crippen molar-refractivity contribution in [1.29, 1.82) is 0 Å². The molecule has 3 heteroatoms. The van der Waals surface area contributed by atoms with Crippen molar-refractivity contribution in [3.63, 3.8) is 0 Å². The largest absolute Gasteiger partial charge is 0.481 e. The highest BCUT2D eigenvalue weighted by molar-refractivity contribution is 5.99. The van der Waals surface area contributed by atoms with E-state index in [1.165, 1.54) is 5.56 Å². The van der Waals surface area contributed by atoms with Crippen LogP contribution < -0.4 is 9.64 Å². The smallest absolute Gasteiger partial charge is 0.268 e. The maximum atomic E-state index is 12.7. The fraction of sp³-hybridized carbons (Fsp3) is 0.278. The summed E-state index contributed by atoms with van der Waals surface area (Å²) in [6, 6.07) is 17.7. The second-order valence-corrected chi connectivity index (χ2v) is 5.46. The summed E-state index contributed by atoms with van der Waals surface area (Å²) in [5, 5.41) is 0. The standard InChI is InChI=1S/C18H19NO2/c1-13-12-15-8-6-7-11-17(15)19(13)18(20)14(2)21-16-9-4-3-5-10-16/h3-11,13-14H,12H2,1-2H3. The van der Waals surface area contributed by atoms with E-state index in [1.54, 1.807) is 0 Å². The van der Waals surface area contributed by atoms with Gasteiger partial charge in [-0.1, -0.05) is 36.4 Å². The molecule has 0 bridgehead atoms. The van der Waals surface area contributed by atoms with E-state index in [9.17, 15) is 4.79 Å². The van der Waals surface area contributed by atoms with Gasteiger partial charge in [0.1, 0.15) is 5.75 Å². The van der Waals surface area contributed by atoms with E-state index in [-0.39, 0.29) is 11.9 Å². The first-order valence-electron chi connectivity index (χ1n) is 7.29. The summed E-state index contributed by atoms with van der Waals surface area (Å²) in [4.78, 5) is 14.6. The lowest BCUT2D eigenvalue weighted by Crippen LogP contribution is -2.43. The van der Waals surface area contributed by atoms with Gasteiger partial charge in [-0.15, -0.1) is 0 Å². The van der Waals surface area contributed by atoms with Crippen molar-refractivity contribution >= 4 is 11.6 Å². The number of hydrogen-bond acceptors (Lipinski definition) is 2. The van der Waals surface area contributed by atoms with Gasteiger partial charge in [-0.3, -0.25) is 4.79 Å². The van der Waals surface area contributed by atoms with E-state index >= 15 is 0 Å². The van der Waals surface area contributed by atoms with Crippen LogP contribution >= 0.6 is 0 Å². The molecule has 0 saturated heterocycles. The number of nitrogens with zero attached hydrogens (tertiary/aromatic N) is 1. The molecule has 0 aliphatic carbocycles. The van der Waals surface area contributed by atoms with Crippen LogP contribution in [0, 0.1) is 0 Å². The maximum Gasteiger partial charge on any atom is 0.268 e. The number of ether oxygens (including phenoxy) is 1. The topological polar surface area (TPSA) is 29.5 Å². The fourth-order valence-corrected chi connectivity index (χ4v) is 2.85. The van der Waals surface area contributed by atoms with E-state index in [0.29, 0.717) is 0 Å². The summed E-state index contributed by atoms with van der Waals surface area (Å²) in [5.74, 6) is 0.731. The number of fused-ring (bicyclic) bond motifs is 1. The van der Waals surface area contributed by atoms with Crippen LogP contribution in [0.4, 0.5) is 5.69 Å². The summed E-state index contributed by atoms with van der Waals surface area (Å²) < 4.78 is 5.76. The molecule has 2 aromatic carbocycles. The minimum Gasteiger partial charge on any atom is -0.481 e. The number of amides is 1. The van der Waals surface area contributed by atoms with Crippen LogP contribution in [-0.4, -0.2) is 18.1 Å². The maximum absolute atomic E-state index is 12.7. The van der Waals surface area contributed by atoms with Gasteiger partial charge in [0.15, 0.2) is 6.10 Å². The summed E-state index contributed by atoms with van der Waals surface area (Å²) in [7, 11) is 0. The molecule has 0 fully saturated rings. The number of rotatable bonds is 3. The Hall–Kier alpha value is -2.29. The highest BCUT2D eigenvalue weighted by Gasteiger charge is 2.33. The molecule has 108 valence electrons. The molecule has 1 aliphatic rings. The molecular formula is C18H19NO2. The molecule has 0 saturated carbocycles. The molecule has 2 aromatic rings.